The molecule has 8 nitrogen and oxygen atoms in total. The minimum absolute atomic E-state index is 0.00463. The Hall–Kier alpha value is -2.77. The summed E-state index contributed by atoms with van der Waals surface area (Å²) >= 11 is 0. The minimum Gasteiger partial charge on any atom is -0.450 e. The molecular formula is C23H39N5O3. The predicted octanol–water partition coefficient (Wildman–Crippen LogP) is 2.65. The highest BCUT2D eigenvalue weighted by Crippen LogP contribution is 2.08. The molecule has 0 fully saturated rings. The second-order valence-electron chi connectivity index (χ2n) is 7.99. The number of rotatable bonds is 11. The Kier molecular flexibility index (Phi) is 12.1. The van der Waals surface area contributed by atoms with E-state index in [-0.39, 0.29) is 11.9 Å². The molecule has 1 unspecified atom stereocenters. The predicted molar refractivity (Wildman–Crippen MR) is 126 cm³/mol. The van der Waals surface area contributed by atoms with Gasteiger partial charge in [-0.25, -0.2) is 4.79 Å². The van der Waals surface area contributed by atoms with Crippen molar-refractivity contribution in [2.45, 2.75) is 46.6 Å². The summed E-state index contributed by atoms with van der Waals surface area (Å²) in [4.78, 5) is 30.2. The van der Waals surface area contributed by atoms with Gasteiger partial charge in [0.25, 0.3) is 5.91 Å². The van der Waals surface area contributed by atoms with E-state index in [0.29, 0.717) is 37.1 Å². The summed E-state index contributed by atoms with van der Waals surface area (Å²) in [7, 11) is 3.50. The lowest BCUT2D eigenvalue weighted by Gasteiger charge is -2.19. The number of aliphatic imine (C=N–C) groups is 1. The molecule has 174 valence electrons. The zero-order valence-corrected chi connectivity index (χ0v) is 19.8. The van der Waals surface area contributed by atoms with Crippen molar-refractivity contribution in [1.29, 1.82) is 0 Å². The smallest absolute Gasteiger partial charge is 0.407 e. The van der Waals surface area contributed by atoms with E-state index in [0.717, 1.165) is 24.9 Å². The lowest BCUT2D eigenvalue weighted by molar-refractivity contribution is 0.0827. The van der Waals surface area contributed by atoms with Gasteiger partial charge < -0.3 is 25.6 Å². The zero-order chi connectivity index (χ0) is 23.2. The number of hydrogen-bond acceptors (Lipinski definition) is 4. The summed E-state index contributed by atoms with van der Waals surface area (Å²) in [6.45, 7) is 10.2. The lowest BCUT2D eigenvalue weighted by Crippen LogP contribution is -2.42. The monoisotopic (exact) mass is 433 g/mol. The molecule has 1 aromatic carbocycles. The van der Waals surface area contributed by atoms with Crippen molar-refractivity contribution in [1.82, 2.24) is 20.9 Å². The molecule has 3 N–H and O–H groups in total. The van der Waals surface area contributed by atoms with Crippen LogP contribution in [0.15, 0.2) is 29.3 Å². The third-order valence-electron chi connectivity index (χ3n) is 4.45. The fraction of sp³-hybridized carbons (Fsp3) is 0.609. The highest BCUT2D eigenvalue weighted by molar-refractivity contribution is 5.94. The van der Waals surface area contributed by atoms with Crippen LogP contribution >= 0.6 is 0 Å². The molecule has 0 heterocycles. The molecular weight excluding hydrogens is 394 g/mol. The maximum Gasteiger partial charge on any atom is 0.407 e. The largest absolute Gasteiger partial charge is 0.450 e. The van der Waals surface area contributed by atoms with Gasteiger partial charge in [0.1, 0.15) is 0 Å². The molecule has 1 rings (SSSR count). The van der Waals surface area contributed by atoms with Crippen LogP contribution in [0, 0.1) is 5.92 Å². The molecule has 0 saturated heterocycles. The zero-order valence-electron chi connectivity index (χ0n) is 19.8. The van der Waals surface area contributed by atoms with Crippen LogP contribution in [-0.4, -0.2) is 69.2 Å². The summed E-state index contributed by atoms with van der Waals surface area (Å²) in [6, 6.07) is 7.58. The molecule has 0 saturated carbocycles. The lowest BCUT2D eigenvalue weighted by atomic mass is 10.0. The van der Waals surface area contributed by atoms with Crippen LogP contribution in [0.3, 0.4) is 0 Å². The molecule has 0 aliphatic carbocycles. The third kappa shape index (κ3) is 10.7. The van der Waals surface area contributed by atoms with Crippen molar-refractivity contribution in [3.63, 3.8) is 0 Å². The quantitative estimate of drug-likeness (QED) is 0.368. The molecule has 0 bridgehead atoms. The molecule has 1 atom stereocenters. The first-order chi connectivity index (χ1) is 14.8. The standard InChI is InChI=1S/C23H39N5O3/c1-7-24-22(26-16-20(14-17(3)4)27-23(30)31-8-2)25-13-12-18-10-9-11-19(15-18)21(29)28(5)6/h9-11,15,17,20H,7-8,12-14,16H2,1-6H3,(H,27,30)(H2,24,25,26). The number of ether oxygens (including phenoxy) is 1. The Morgan fingerprint density at radius 2 is 1.90 bits per heavy atom. The van der Waals surface area contributed by atoms with Gasteiger partial charge in [-0.15, -0.1) is 0 Å². The van der Waals surface area contributed by atoms with Crippen molar-refractivity contribution < 1.29 is 14.3 Å². The Labute approximate surface area is 186 Å². The van der Waals surface area contributed by atoms with E-state index in [1.807, 2.05) is 31.2 Å². The van der Waals surface area contributed by atoms with Gasteiger partial charge in [-0.05, 0) is 50.3 Å². The van der Waals surface area contributed by atoms with Crippen molar-refractivity contribution >= 4 is 18.0 Å². The molecule has 0 aliphatic heterocycles. The topological polar surface area (TPSA) is 95.1 Å². The molecule has 1 aromatic rings. The molecule has 0 spiro atoms. The van der Waals surface area contributed by atoms with E-state index in [1.165, 1.54) is 0 Å². The third-order valence-corrected chi connectivity index (χ3v) is 4.45. The van der Waals surface area contributed by atoms with E-state index in [2.05, 4.69) is 34.8 Å². The van der Waals surface area contributed by atoms with E-state index in [4.69, 9.17) is 4.74 Å². The van der Waals surface area contributed by atoms with Gasteiger partial charge in [-0.1, -0.05) is 26.0 Å². The Morgan fingerprint density at radius 1 is 1.16 bits per heavy atom. The fourth-order valence-corrected chi connectivity index (χ4v) is 3.07. The Bertz CT molecular complexity index is 719. The Balaban J connectivity index is 2.69. The van der Waals surface area contributed by atoms with Crippen molar-refractivity contribution in [3.8, 4) is 0 Å². The maximum absolute atomic E-state index is 12.1. The first-order valence-corrected chi connectivity index (χ1v) is 11.0. The molecule has 31 heavy (non-hydrogen) atoms. The fourth-order valence-electron chi connectivity index (χ4n) is 3.07. The molecule has 8 heteroatoms. The highest BCUT2D eigenvalue weighted by Gasteiger charge is 2.15. The highest BCUT2D eigenvalue weighted by atomic mass is 16.5. The van der Waals surface area contributed by atoms with Crippen LogP contribution in [0.2, 0.25) is 0 Å². The number of amides is 2. The van der Waals surface area contributed by atoms with E-state index in [9.17, 15) is 9.59 Å². The number of nitrogens with zero attached hydrogens (tertiary/aromatic N) is 2. The summed E-state index contributed by atoms with van der Waals surface area (Å²) in [5, 5.41) is 9.46. The SMILES string of the molecule is CCNC(=NCC(CC(C)C)NC(=O)OCC)NCCc1cccc(C(=O)N(C)C)c1. The Morgan fingerprint density at radius 3 is 2.52 bits per heavy atom. The number of benzene rings is 1. The second-order valence-corrected chi connectivity index (χ2v) is 7.99. The van der Waals surface area contributed by atoms with E-state index in [1.54, 1.807) is 25.9 Å². The summed E-state index contributed by atoms with van der Waals surface area (Å²) in [5.74, 6) is 1.12. The van der Waals surface area contributed by atoms with Crippen LogP contribution in [0.1, 0.15) is 50.0 Å². The van der Waals surface area contributed by atoms with Gasteiger partial charge in [0.15, 0.2) is 5.96 Å². The molecule has 0 aromatic heterocycles. The number of nitrogens with one attached hydrogen (secondary N) is 3. The first kappa shape index (κ1) is 26.3. The van der Waals surface area contributed by atoms with Crippen LogP contribution in [-0.2, 0) is 11.2 Å². The summed E-state index contributed by atoms with van der Waals surface area (Å²) < 4.78 is 5.01. The maximum atomic E-state index is 12.1. The first-order valence-electron chi connectivity index (χ1n) is 11.0. The van der Waals surface area contributed by atoms with Gasteiger partial charge in [0.05, 0.1) is 19.2 Å². The molecule has 2 amide bonds. The number of carbonyl (C=O) groups excluding carboxylic acids is 2. The number of guanidine groups is 1. The molecule has 0 radical (unpaired) electrons. The number of alkyl carbamates (subject to hydrolysis) is 1. The van der Waals surface area contributed by atoms with Crippen LogP contribution < -0.4 is 16.0 Å². The van der Waals surface area contributed by atoms with Gasteiger partial charge in [0, 0.05) is 32.7 Å². The average molecular weight is 434 g/mol. The van der Waals surface area contributed by atoms with Crippen LogP contribution in [0.5, 0.6) is 0 Å². The average Bonchev–Trinajstić information content (AvgIpc) is 2.71. The van der Waals surface area contributed by atoms with E-state index >= 15 is 0 Å². The van der Waals surface area contributed by atoms with Crippen molar-refractivity contribution in [3.05, 3.63) is 35.4 Å². The summed E-state index contributed by atoms with van der Waals surface area (Å²) in [5.41, 5.74) is 1.77. The van der Waals surface area contributed by atoms with Gasteiger partial charge in [-0.2, -0.15) is 0 Å². The van der Waals surface area contributed by atoms with E-state index < -0.39 is 6.09 Å². The molecule has 0 aliphatic rings. The van der Waals surface area contributed by atoms with Gasteiger partial charge in [0.2, 0.25) is 0 Å². The number of carbonyl (C=O) groups is 2. The van der Waals surface area contributed by atoms with Gasteiger partial charge >= 0.3 is 6.09 Å². The van der Waals surface area contributed by atoms with Gasteiger partial charge in [-0.3, -0.25) is 9.79 Å². The van der Waals surface area contributed by atoms with Crippen molar-refractivity contribution in [2.24, 2.45) is 10.9 Å². The summed E-state index contributed by atoms with van der Waals surface area (Å²) in [6.07, 6.45) is 1.16. The second kappa shape index (κ2) is 14.3. The minimum atomic E-state index is -0.409. The van der Waals surface area contributed by atoms with Crippen molar-refractivity contribution in [2.75, 3.05) is 40.3 Å². The van der Waals surface area contributed by atoms with Crippen LogP contribution in [0.25, 0.3) is 0 Å². The number of hydrogen-bond donors (Lipinski definition) is 3. The normalized spacial score (nSPS) is 12.3. The van der Waals surface area contributed by atoms with Crippen LogP contribution in [0.4, 0.5) is 4.79 Å².